The van der Waals surface area contributed by atoms with Crippen LogP contribution in [0.4, 0.5) is 5.13 Å². The first-order chi connectivity index (χ1) is 14.5. The van der Waals surface area contributed by atoms with Crippen molar-refractivity contribution < 1.29 is 4.79 Å². The highest BCUT2D eigenvalue weighted by molar-refractivity contribution is 7.99. The quantitative estimate of drug-likeness (QED) is 0.305. The number of carbonyl (C=O) groups is 1. The number of thioether (sulfide) groups is 1. The maximum atomic E-state index is 13.6. The Kier molecular flexibility index (Phi) is 6.37. The van der Waals surface area contributed by atoms with Crippen molar-refractivity contribution in [2.75, 3.05) is 4.90 Å². The van der Waals surface area contributed by atoms with Gasteiger partial charge in [-0.3, -0.25) is 14.7 Å². The van der Waals surface area contributed by atoms with Gasteiger partial charge in [-0.15, -0.1) is 11.8 Å². The van der Waals surface area contributed by atoms with Crippen LogP contribution in [0.1, 0.15) is 29.8 Å². The number of aromatic nitrogens is 2. The largest absolute Gasteiger partial charge is 0.279 e. The summed E-state index contributed by atoms with van der Waals surface area (Å²) in [5.74, 6) is -0.0896. The number of fused-ring (bicyclic) bond motifs is 1. The number of carbonyl (C=O) groups excluding carboxylic acids is 1. The SMILES string of the molecule is CC(C)Sc1cccc(C(=O)N(Cc2ccncc2)c2nc3c(Cl)cccc3s2)c1. The summed E-state index contributed by atoms with van der Waals surface area (Å²) in [6.07, 6.45) is 3.46. The molecule has 1 amide bonds. The van der Waals surface area contributed by atoms with E-state index in [0.29, 0.717) is 27.5 Å². The van der Waals surface area contributed by atoms with Crippen LogP contribution in [0.5, 0.6) is 0 Å². The van der Waals surface area contributed by atoms with Crippen LogP contribution < -0.4 is 4.90 Å². The summed E-state index contributed by atoms with van der Waals surface area (Å²) >= 11 is 9.53. The molecule has 4 aromatic rings. The van der Waals surface area contributed by atoms with E-state index in [2.05, 4.69) is 18.8 Å². The molecule has 4 nitrogen and oxygen atoms in total. The van der Waals surface area contributed by atoms with Crippen molar-refractivity contribution in [3.63, 3.8) is 0 Å². The first-order valence-corrected chi connectivity index (χ1v) is 11.6. The molecule has 0 radical (unpaired) electrons. The summed E-state index contributed by atoms with van der Waals surface area (Å²) in [4.78, 5) is 25.2. The second-order valence-corrected chi connectivity index (χ2v) is 10.1. The molecule has 0 spiro atoms. The van der Waals surface area contributed by atoms with E-state index in [1.807, 2.05) is 54.6 Å². The van der Waals surface area contributed by atoms with Gasteiger partial charge in [0.15, 0.2) is 5.13 Å². The van der Waals surface area contributed by atoms with E-state index >= 15 is 0 Å². The molecule has 2 aromatic carbocycles. The van der Waals surface area contributed by atoms with Crippen LogP contribution in [0.3, 0.4) is 0 Å². The highest BCUT2D eigenvalue weighted by Gasteiger charge is 2.22. The average molecular weight is 454 g/mol. The van der Waals surface area contributed by atoms with Crippen molar-refractivity contribution in [3.8, 4) is 0 Å². The van der Waals surface area contributed by atoms with Crippen molar-refractivity contribution in [1.82, 2.24) is 9.97 Å². The Hall–Kier alpha value is -2.41. The fourth-order valence-electron chi connectivity index (χ4n) is 3.05. The third kappa shape index (κ3) is 4.67. The van der Waals surface area contributed by atoms with Crippen molar-refractivity contribution >= 4 is 56.0 Å². The number of rotatable bonds is 6. The Morgan fingerprint density at radius 3 is 2.63 bits per heavy atom. The molecule has 152 valence electrons. The summed E-state index contributed by atoms with van der Waals surface area (Å²) in [7, 11) is 0. The number of nitrogens with zero attached hydrogens (tertiary/aromatic N) is 3. The number of para-hydroxylation sites is 1. The van der Waals surface area contributed by atoms with Gasteiger partial charge in [0.2, 0.25) is 0 Å². The molecule has 0 aliphatic heterocycles. The summed E-state index contributed by atoms with van der Waals surface area (Å²) in [5, 5.41) is 1.65. The van der Waals surface area contributed by atoms with Gasteiger partial charge < -0.3 is 0 Å². The lowest BCUT2D eigenvalue weighted by atomic mass is 10.2. The summed E-state index contributed by atoms with van der Waals surface area (Å²) in [6, 6.07) is 17.3. The number of benzene rings is 2. The Balaban J connectivity index is 1.74. The predicted molar refractivity (Wildman–Crippen MR) is 127 cm³/mol. The van der Waals surface area contributed by atoms with E-state index in [1.54, 1.807) is 29.1 Å². The normalized spacial score (nSPS) is 11.2. The summed E-state index contributed by atoms with van der Waals surface area (Å²) in [6.45, 7) is 4.68. The summed E-state index contributed by atoms with van der Waals surface area (Å²) in [5.41, 5.74) is 2.34. The van der Waals surface area contributed by atoms with Crippen molar-refractivity contribution in [2.45, 2.75) is 30.5 Å². The van der Waals surface area contributed by atoms with Crippen LogP contribution in [0.2, 0.25) is 5.02 Å². The number of halogens is 1. The van der Waals surface area contributed by atoms with Crippen LogP contribution in [0, 0.1) is 0 Å². The molecule has 4 rings (SSSR count). The minimum Gasteiger partial charge on any atom is -0.279 e. The smallest absolute Gasteiger partial charge is 0.260 e. The van der Waals surface area contributed by atoms with Crippen LogP contribution in [0.25, 0.3) is 10.2 Å². The minimum absolute atomic E-state index is 0.0896. The van der Waals surface area contributed by atoms with E-state index < -0.39 is 0 Å². The maximum absolute atomic E-state index is 13.6. The first-order valence-electron chi connectivity index (χ1n) is 9.54. The van der Waals surface area contributed by atoms with Gasteiger partial charge in [-0.2, -0.15) is 0 Å². The molecular weight excluding hydrogens is 434 g/mol. The molecule has 0 N–H and O–H groups in total. The molecule has 0 saturated heterocycles. The lowest BCUT2D eigenvalue weighted by Crippen LogP contribution is -2.30. The molecule has 0 atom stereocenters. The molecule has 0 unspecified atom stereocenters. The number of pyridine rings is 1. The first kappa shape index (κ1) is 20.8. The van der Waals surface area contributed by atoms with Crippen LogP contribution in [0.15, 0.2) is 71.9 Å². The zero-order valence-electron chi connectivity index (χ0n) is 16.6. The molecule has 0 saturated carbocycles. The van der Waals surface area contributed by atoms with Crippen molar-refractivity contribution in [3.05, 3.63) is 83.1 Å². The highest BCUT2D eigenvalue weighted by atomic mass is 35.5. The molecule has 0 aliphatic rings. The van der Waals surface area contributed by atoms with Gasteiger partial charge in [0.25, 0.3) is 5.91 Å². The molecule has 0 aliphatic carbocycles. The van der Waals surface area contributed by atoms with Gasteiger partial charge in [-0.1, -0.05) is 48.9 Å². The van der Waals surface area contributed by atoms with Crippen molar-refractivity contribution in [2.24, 2.45) is 0 Å². The molecule has 2 heterocycles. The number of hydrogen-bond acceptors (Lipinski definition) is 5. The third-order valence-corrected chi connectivity index (χ3v) is 6.72. The standard InChI is InChI=1S/C23H20ClN3OS2/c1-15(2)29-18-6-3-5-17(13-18)22(28)27(14-16-9-11-25-12-10-16)23-26-21-19(24)7-4-8-20(21)30-23/h3-13,15H,14H2,1-2H3. The number of amides is 1. The lowest BCUT2D eigenvalue weighted by Gasteiger charge is -2.20. The zero-order chi connectivity index (χ0) is 21.1. The van der Waals surface area contributed by atoms with E-state index in [9.17, 15) is 4.79 Å². The Morgan fingerprint density at radius 2 is 1.90 bits per heavy atom. The van der Waals surface area contributed by atoms with Gasteiger partial charge in [-0.05, 0) is 48.0 Å². The van der Waals surface area contributed by atoms with E-state index in [-0.39, 0.29) is 5.91 Å². The molecule has 7 heteroatoms. The maximum Gasteiger partial charge on any atom is 0.260 e. The topological polar surface area (TPSA) is 46.1 Å². The summed E-state index contributed by atoms with van der Waals surface area (Å²) < 4.78 is 0.953. The predicted octanol–water partition coefficient (Wildman–Crippen LogP) is 6.69. The van der Waals surface area contributed by atoms with Crippen molar-refractivity contribution in [1.29, 1.82) is 0 Å². The second kappa shape index (κ2) is 9.16. The van der Waals surface area contributed by atoms with Crippen LogP contribution in [-0.2, 0) is 6.54 Å². The Labute approximate surface area is 188 Å². The average Bonchev–Trinajstić information content (AvgIpc) is 3.17. The fraction of sp³-hybridized carbons (Fsp3) is 0.174. The van der Waals surface area contributed by atoms with E-state index in [0.717, 1.165) is 20.7 Å². The van der Waals surface area contributed by atoms with Gasteiger partial charge >= 0.3 is 0 Å². The van der Waals surface area contributed by atoms with Gasteiger partial charge in [0.1, 0.15) is 5.52 Å². The van der Waals surface area contributed by atoms with Gasteiger partial charge in [0.05, 0.1) is 16.3 Å². The number of thiazole rings is 1. The molecule has 2 aromatic heterocycles. The molecular formula is C23H20ClN3OS2. The second-order valence-electron chi connectivity index (χ2n) is 7.02. The van der Waals surface area contributed by atoms with Crippen LogP contribution in [-0.4, -0.2) is 21.1 Å². The molecule has 0 fully saturated rings. The van der Waals surface area contributed by atoms with Gasteiger partial charge in [0, 0.05) is 28.1 Å². The monoisotopic (exact) mass is 453 g/mol. The van der Waals surface area contributed by atoms with E-state index in [1.165, 1.54) is 11.3 Å². The fourth-order valence-corrected chi connectivity index (χ4v) is 5.21. The lowest BCUT2D eigenvalue weighted by molar-refractivity contribution is 0.0985. The number of hydrogen-bond donors (Lipinski definition) is 0. The highest BCUT2D eigenvalue weighted by Crippen LogP contribution is 2.34. The number of anilines is 1. The van der Waals surface area contributed by atoms with Gasteiger partial charge in [-0.25, -0.2) is 4.98 Å². The Morgan fingerprint density at radius 1 is 1.13 bits per heavy atom. The minimum atomic E-state index is -0.0896. The van der Waals surface area contributed by atoms with E-state index in [4.69, 9.17) is 16.6 Å². The zero-order valence-corrected chi connectivity index (χ0v) is 19.0. The molecule has 30 heavy (non-hydrogen) atoms. The van der Waals surface area contributed by atoms with Crippen LogP contribution >= 0.6 is 34.7 Å². The third-order valence-electron chi connectivity index (χ3n) is 4.38. The molecule has 0 bridgehead atoms. The Bertz CT molecular complexity index is 1180.